The molecule has 0 amide bonds. The fraction of sp³-hybridized carbons (Fsp3) is 0.263. The van der Waals surface area contributed by atoms with Gasteiger partial charge >= 0.3 is 0 Å². The van der Waals surface area contributed by atoms with Crippen LogP contribution >= 0.6 is 35.0 Å². The molecule has 0 aliphatic heterocycles. The predicted molar refractivity (Wildman–Crippen MR) is 113 cm³/mol. The first-order valence-electron chi connectivity index (χ1n) is 8.61. The monoisotopic (exact) mass is 432 g/mol. The van der Waals surface area contributed by atoms with E-state index in [-0.39, 0.29) is 12.5 Å². The van der Waals surface area contributed by atoms with Crippen molar-refractivity contribution in [3.8, 4) is 0 Å². The predicted octanol–water partition coefficient (Wildman–Crippen LogP) is 6.86. The number of benzene rings is 1. The van der Waals surface area contributed by atoms with Crippen LogP contribution in [-0.4, -0.2) is 15.0 Å². The number of H-pyrrole nitrogens is 1. The average Bonchev–Trinajstić information content (AvgIpc) is 3.02. The van der Waals surface area contributed by atoms with Gasteiger partial charge in [-0.05, 0) is 47.3 Å². The molecule has 0 saturated carbocycles. The second-order valence-corrected chi connectivity index (χ2v) is 8.44. The molecule has 1 N–H and O–H groups in total. The molecular formula is C19H18Cl2N6S. The second-order valence-electron chi connectivity index (χ2n) is 6.50. The Bertz CT molecular complexity index is 979. The lowest BCUT2D eigenvalue weighted by atomic mass is 9.86. The summed E-state index contributed by atoms with van der Waals surface area (Å²) in [5.41, 5.74) is 10.7. The first-order chi connectivity index (χ1) is 13.5. The molecule has 28 heavy (non-hydrogen) atoms. The molecule has 0 spiro atoms. The zero-order valence-electron chi connectivity index (χ0n) is 15.3. The molecular weight excluding hydrogens is 415 g/mol. The van der Waals surface area contributed by atoms with Gasteiger partial charge in [-0.15, -0.1) is 0 Å². The van der Waals surface area contributed by atoms with Gasteiger partial charge in [0.2, 0.25) is 0 Å². The number of nitrogens with one attached hydrogen (secondary N) is 1. The van der Waals surface area contributed by atoms with Crippen molar-refractivity contribution < 1.29 is 0 Å². The molecule has 2 aromatic heterocycles. The molecule has 0 radical (unpaired) electrons. The van der Waals surface area contributed by atoms with E-state index in [1.807, 2.05) is 24.3 Å². The van der Waals surface area contributed by atoms with E-state index in [4.69, 9.17) is 28.7 Å². The molecule has 1 atom stereocenters. The molecule has 1 aromatic carbocycles. The number of hydrogen-bond donors (Lipinski definition) is 1. The van der Waals surface area contributed by atoms with Gasteiger partial charge in [-0.3, -0.25) is 4.98 Å². The summed E-state index contributed by atoms with van der Waals surface area (Å²) >= 11 is 13.8. The number of hydrogen-bond acceptors (Lipinski definition) is 4. The van der Waals surface area contributed by atoms with E-state index in [2.05, 4.69) is 38.8 Å². The van der Waals surface area contributed by atoms with Crippen molar-refractivity contribution >= 4 is 35.0 Å². The number of aromatic amines is 1. The summed E-state index contributed by atoms with van der Waals surface area (Å²) < 4.78 is 0. The van der Waals surface area contributed by atoms with Crippen molar-refractivity contribution in [1.29, 1.82) is 0 Å². The maximum Gasteiger partial charge on any atom is 0.123 e. The highest BCUT2D eigenvalue weighted by atomic mass is 35.5. The molecule has 0 aliphatic rings. The third-order valence-electron chi connectivity index (χ3n) is 4.12. The van der Waals surface area contributed by atoms with Crippen molar-refractivity contribution in [2.45, 2.75) is 36.2 Å². The zero-order chi connectivity index (χ0) is 20.1. The van der Waals surface area contributed by atoms with E-state index in [9.17, 15) is 0 Å². The highest BCUT2D eigenvalue weighted by Crippen LogP contribution is 2.40. The summed E-state index contributed by atoms with van der Waals surface area (Å²) in [5, 5.41) is 5.57. The third kappa shape index (κ3) is 5.00. The van der Waals surface area contributed by atoms with Gasteiger partial charge in [0.1, 0.15) is 10.9 Å². The lowest BCUT2D eigenvalue weighted by Gasteiger charge is -2.21. The van der Waals surface area contributed by atoms with E-state index >= 15 is 0 Å². The molecule has 6 nitrogen and oxygen atoms in total. The summed E-state index contributed by atoms with van der Waals surface area (Å²) in [6.45, 7) is 4.47. The van der Waals surface area contributed by atoms with Crippen LogP contribution in [-0.2, 0) is 6.54 Å². The number of imidazole rings is 1. The minimum atomic E-state index is 0.0764. The van der Waals surface area contributed by atoms with Gasteiger partial charge < -0.3 is 4.98 Å². The number of pyridine rings is 1. The van der Waals surface area contributed by atoms with E-state index in [1.165, 1.54) is 11.8 Å². The molecule has 2 heterocycles. The van der Waals surface area contributed by atoms with Gasteiger partial charge in [0.15, 0.2) is 0 Å². The first-order valence-corrected chi connectivity index (χ1v) is 10.2. The Kier molecular flexibility index (Phi) is 6.86. The minimum absolute atomic E-state index is 0.0764. The third-order valence-corrected chi connectivity index (χ3v) is 5.54. The van der Waals surface area contributed by atoms with E-state index in [0.29, 0.717) is 21.8 Å². The van der Waals surface area contributed by atoms with Crippen molar-refractivity contribution in [1.82, 2.24) is 15.0 Å². The molecule has 3 rings (SSSR count). The number of halogens is 2. The zero-order valence-corrected chi connectivity index (χ0v) is 17.6. The topological polar surface area (TPSA) is 90.3 Å². The Morgan fingerprint density at radius 1 is 1.18 bits per heavy atom. The number of azide groups is 1. The number of nitrogens with zero attached hydrogens (tertiary/aromatic N) is 5. The van der Waals surface area contributed by atoms with Crippen LogP contribution in [0.3, 0.4) is 0 Å². The summed E-state index contributed by atoms with van der Waals surface area (Å²) in [6, 6.07) is 9.40. The molecule has 0 fully saturated rings. The normalized spacial score (nSPS) is 12.0. The fourth-order valence-corrected chi connectivity index (χ4v) is 4.73. The van der Waals surface area contributed by atoms with Crippen LogP contribution in [0.5, 0.6) is 0 Å². The largest absolute Gasteiger partial charge is 0.344 e. The Hall–Kier alpha value is -2.18. The highest BCUT2D eigenvalue weighted by molar-refractivity contribution is 7.99. The maximum absolute atomic E-state index is 8.65. The van der Waals surface area contributed by atoms with Gasteiger partial charge in [0, 0.05) is 38.2 Å². The van der Waals surface area contributed by atoms with Gasteiger partial charge in [0.05, 0.1) is 12.2 Å². The Labute approximate surface area is 177 Å². The molecule has 1 unspecified atom stereocenters. The Balaban J connectivity index is 2.07. The standard InChI is InChI=1S/C19H18Cl2N6S/c1-11(2)17(12-3-5-23-6-4-12)18-19(26-16(25-18)10-24-27-22)28-15-8-13(20)7-14(21)9-15/h3-9,11,17H,10H2,1-2H3,(H,25,26). The molecule has 0 bridgehead atoms. The van der Waals surface area contributed by atoms with Crippen molar-refractivity contribution in [2.24, 2.45) is 11.0 Å². The molecule has 9 heteroatoms. The van der Waals surface area contributed by atoms with Gasteiger partial charge in [-0.1, -0.05) is 53.9 Å². The van der Waals surface area contributed by atoms with Crippen LogP contribution < -0.4 is 0 Å². The van der Waals surface area contributed by atoms with E-state index in [1.54, 1.807) is 18.5 Å². The van der Waals surface area contributed by atoms with Gasteiger partial charge in [-0.2, -0.15) is 0 Å². The van der Waals surface area contributed by atoms with E-state index in [0.717, 1.165) is 21.2 Å². The number of aromatic nitrogens is 3. The summed E-state index contributed by atoms with van der Waals surface area (Å²) in [5.74, 6) is 0.994. The average molecular weight is 433 g/mol. The highest BCUT2D eigenvalue weighted by Gasteiger charge is 2.25. The summed E-state index contributed by atoms with van der Waals surface area (Å²) in [7, 11) is 0. The van der Waals surface area contributed by atoms with Crippen LogP contribution in [0.1, 0.15) is 36.8 Å². The van der Waals surface area contributed by atoms with Crippen LogP contribution in [0.2, 0.25) is 10.0 Å². The lowest BCUT2D eigenvalue weighted by Crippen LogP contribution is -2.10. The van der Waals surface area contributed by atoms with Crippen LogP contribution in [0, 0.1) is 5.92 Å². The van der Waals surface area contributed by atoms with Crippen LogP contribution in [0.25, 0.3) is 10.4 Å². The quantitative estimate of drug-likeness (QED) is 0.251. The van der Waals surface area contributed by atoms with Crippen LogP contribution in [0.15, 0.2) is 57.8 Å². The Morgan fingerprint density at radius 2 is 1.86 bits per heavy atom. The van der Waals surface area contributed by atoms with Crippen LogP contribution in [0.4, 0.5) is 0 Å². The Morgan fingerprint density at radius 3 is 2.46 bits per heavy atom. The fourth-order valence-electron chi connectivity index (χ4n) is 3.04. The van der Waals surface area contributed by atoms with Crippen molar-refractivity contribution in [3.63, 3.8) is 0 Å². The smallest absolute Gasteiger partial charge is 0.123 e. The number of rotatable bonds is 7. The minimum Gasteiger partial charge on any atom is -0.344 e. The van der Waals surface area contributed by atoms with E-state index < -0.39 is 0 Å². The lowest BCUT2D eigenvalue weighted by molar-refractivity contribution is 0.545. The van der Waals surface area contributed by atoms with Crippen molar-refractivity contribution in [3.05, 3.63) is 80.3 Å². The molecule has 0 aliphatic carbocycles. The maximum atomic E-state index is 8.65. The van der Waals surface area contributed by atoms with Gasteiger partial charge in [0.25, 0.3) is 0 Å². The summed E-state index contributed by atoms with van der Waals surface area (Å²) in [4.78, 5) is 15.9. The molecule has 3 aromatic rings. The molecule has 144 valence electrons. The van der Waals surface area contributed by atoms with Crippen molar-refractivity contribution in [2.75, 3.05) is 0 Å². The summed E-state index contributed by atoms with van der Waals surface area (Å²) in [6.07, 6.45) is 3.57. The van der Waals surface area contributed by atoms with Gasteiger partial charge in [-0.25, -0.2) is 4.98 Å². The SMILES string of the molecule is CC(C)C(c1ccncc1)c1[nH]c(CN=[N+]=[N-])nc1Sc1cc(Cl)cc(Cl)c1. The second kappa shape index (κ2) is 9.34. The molecule has 0 saturated heterocycles. The first kappa shape index (κ1) is 20.6.